The number of rotatable bonds is 6. The second kappa shape index (κ2) is 8.36. The van der Waals surface area contributed by atoms with Gasteiger partial charge in [0.25, 0.3) is 0 Å². The van der Waals surface area contributed by atoms with E-state index < -0.39 is 0 Å². The Bertz CT molecular complexity index is 178. The maximum Gasteiger partial charge on any atom is 0.220 e. The molecule has 6 heteroatoms. The molecule has 0 aromatic heterocycles. The van der Waals surface area contributed by atoms with Gasteiger partial charge in [0.2, 0.25) is 5.91 Å². The highest BCUT2D eigenvalue weighted by Crippen LogP contribution is 1.86. The Balaban J connectivity index is 3.27. The lowest BCUT2D eigenvalue weighted by molar-refractivity contribution is -0.120. The first-order valence-corrected chi connectivity index (χ1v) is 4.77. The van der Waals surface area contributed by atoms with Crippen LogP contribution in [0.1, 0.15) is 12.8 Å². The summed E-state index contributed by atoms with van der Waals surface area (Å²) >= 11 is 3.25. The fraction of sp³-hybridized carbons (Fsp3) is 0.833. The highest BCUT2D eigenvalue weighted by atomic mass is 79.9. The van der Waals surface area contributed by atoms with Crippen molar-refractivity contribution < 1.29 is 4.79 Å². The molecule has 0 rings (SSSR count). The van der Waals surface area contributed by atoms with Crippen LogP contribution in [0.2, 0.25) is 0 Å². The van der Waals surface area contributed by atoms with Crippen LogP contribution in [0.25, 0.3) is 10.4 Å². The molecule has 0 aliphatic rings. The summed E-state index contributed by atoms with van der Waals surface area (Å²) in [6.07, 6.45) is 1.18. The van der Waals surface area contributed by atoms with Crippen LogP contribution >= 0.6 is 15.9 Å². The number of hydrogen-bond acceptors (Lipinski definition) is 2. The topological polar surface area (TPSA) is 77.9 Å². The number of halogens is 1. The molecule has 0 fully saturated rings. The lowest BCUT2D eigenvalue weighted by Gasteiger charge is -2.00. The van der Waals surface area contributed by atoms with Crippen molar-refractivity contribution in [1.29, 1.82) is 0 Å². The molecule has 1 amide bonds. The fourth-order valence-electron chi connectivity index (χ4n) is 0.579. The second-order valence-electron chi connectivity index (χ2n) is 2.10. The van der Waals surface area contributed by atoms with Gasteiger partial charge in [-0.2, -0.15) is 0 Å². The number of alkyl halides is 1. The molecule has 0 bridgehead atoms. The van der Waals surface area contributed by atoms with Gasteiger partial charge in [-0.25, -0.2) is 0 Å². The molecule has 5 nitrogen and oxygen atoms in total. The van der Waals surface area contributed by atoms with Gasteiger partial charge in [-0.15, -0.1) is 0 Å². The number of hydrogen-bond donors (Lipinski definition) is 1. The van der Waals surface area contributed by atoms with Crippen molar-refractivity contribution in [1.82, 2.24) is 5.32 Å². The van der Waals surface area contributed by atoms with E-state index in [1.54, 1.807) is 0 Å². The van der Waals surface area contributed by atoms with E-state index in [0.717, 1.165) is 11.8 Å². The van der Waals surface area contributed by atoms with Gasteiger partial charge < -0.3 is 5.32 Å². The van der Waals surface area contributed by atoms with Crippen molar-refractivity contribution in [2.45, 2.75) is 12.8 Å². The lowest BCUT2D eigenvalue weighted by Crippen LogP contribution is -2.24. The number of nitrogens with zero attached hydrogens (tertiary/aromatic N) is 3. The number of carbonyl (C=O) groups is 1. The first-order chi connectivity index (χ1) is 5.81. The Morgan fingerprint density at radius 3 is 3.00 bits per heavy atom. The van der Waals surface area contributed by atoms with Crippen LogP contribution < -0.4 is 5.32 Å². The van der Waals surface area contributed by atoms with Gasteiger partial charge in [0.1, 0.15) is 0 Å². The first-order valence-electron chi connectivity index (χ1n) is 3.64. The van der Waals surface area contributed by atoms with E-state index in [0.29, 0.717) is 6.54 Å². The zero-order valence-corrected chi connectivity index (χ0v) is 8.25. The van der Waals surface area contributed by atoms with Gasteiger partial charge in [0, 0.05) is 29.8 Å². The molecule has 1 N–H and O–H groups in total. The monoisotopic (exact) mass is 234 g/mol. The average molecular weight is 235 g/mol. The molecule has 0 aromatic carbocycles. The van der Waals surface area contributed by atoms with Crippen molar-refractivity contribution in [3.05, 3.63) is 10.4 Å². The van der Waals surface area contributed by atoms with Gasteiger partial charge in [-0.1, -0.05) is 21.0 Å². The van der Waals surface area contributed by atoms with Crippen molar-refractivity contribution >= 4 is 21.8 Å². The second-order valence-corrected chi connectivity index (χ2v) is 2.89. The predicted molar refractivity (Wildman–Crippen MR) is 50.1 cm³/mol. The molecule has 0 atom stereocenters. The summed E-state index contributed by atoms with van der Waals surface area (Å²) < 4.78 is 0. The maximum absolute atomic E-state index is 10.9. The van der Waals surface area contributed by atoms with Crippen molar-refractivity contribution in [2.75, 3.05) is 18.4 Å². The zero-order valence-electron chi connectivity index (χ0n) is 6.66. The molecule has 0 heterocycles. The molecule has 0 aromatic rings. The molecular formula is C6H11BrN4O. The van der Waals surface area contributed by atoms with Crippen LogP contribution in [0, 0.1) is 0 Å². The van der Waals surface area contributed by atoms with Crippen molar-refractivity contribution in [3.8, 4) is 0 Å². The average Bonchev–Trinajstić information content (AvgIpc) is 2.06. The Kier molecular flexibility index (Phi) is 7.84. The summed E-state index contributed by atoms with van der Waals surface area (Å²) in [6.45, 7) is 0.900. The number of nitrogens with one attached hydrogen (secondary N) is 1. The quantitative estimate of drug-likeness (QED) is 0.245. The van der Waals surface area contributed by atoms with Gasteiger partial charge in [0.05, 0.1) is 0 Å². The van der Waals surface area contributed by atoms with E-state index in [1.165, 1.54) is 0 Å². The summed E-state index contributed by atoms with van der Waals surface area (Å²) in [6, 6.07) is 0. The van der Waals surface area contributed by atoms with Crippen LogP contribution in [0.3, 0.4) is 0 Å². The lowest BCUT2D eigenvalue weighted by atomic mass is 10.4. The molecule has 0 spiro atoms. The minimum absolute atomic E-state index is 0.0663. The minimum atomic E-state index is -0.0663. The first kappa shape index (κ1) is 11.3. The third kappa shape index (κ3) is 7.37. The van der Waals surface area contributed by atoms with Crippen LogP contribution in [0.5, 0.6) is 0 Å². The summed E-state index contributed by atoms with van der Waals surface area (Å²) in [5.74, 6) is -0.0663. The summed E-state index contributed by atoms with van der Waals surface area (Å²) in [7, 11) is 0. The summed E-state index contributed by atoms with van der Waals surface area (Å²) in [5, 5.41) is 6.82. The molecule has 0 aliphatic carbocycles. The van der Waals surface area contributed by atoms with E-state index in [2.05, 4.69) is 31.3 Å². The number of carbonyl (C=O) groups excluding carboxylic acids is 1. The third-order valence-electron chi connectivity index (χ3n) is 1.13. The minimum Gasteiger partial charge on any atom is -0.356 e. The van der Waals surface area contributed by atoms with Crippen molar-refractivity contribution in [2.24, 2.45) is 5.11 Å². The van der Waals surface area contributed by atoms with Gasteiger partial charge in [0.15, 0.2) is 0 Å². The van der Waals surface area contributed by atoms with Crippen molar-refractivity contribution in [3.63, 3.8) is 0 Å². The molecule has 12 heavy (non-hydrogen) atoms. The van der Waals surface area contributed by atoms with Crippen LogP contribution in [-0.2, 0) is 4.79 Å². The fourth-order valence-corrected chi connectivity index (χ4v) is 0.860. The van der Waals surface area contributed by atoms with Crippen LogP contribution in [0.15, 0.2) is 5.11 Å². The Labute approximate surface area is 79.3 Å². The van der Waals surface area contributed by atoms with Crippen LogP contribution in [-0.4, -0.2) is 24.3 Å². The van der Waals surface area contributed by atoms with E-state index in [1.807, 2.05) is 0 Å². The molecule has 0 aliphatic heterocycles. The van der Waals surface area contributed by atoms with Gasteiger partial charge in [-0.3, -0.25) is 4.79 Å². The Hall–Kier alpha value is -0.740. The zero-order chi connectivity index (χ0) is 9.23. The highest BCUT2D eigenvalue weighted by Gasteiger charge is 1.97. The predicted octanol–water partition coefficient (Wildman–Crippen LogP) is 1.59. The number of azide groups is 1. The standard InChI is InChI=1S/C6H11BrN4O/c7-3-1-4-9-6(12)2-5-10-11-8/h1-5H2,(H,9,12). The Morgan fingerprint density at radius 2 is 2.42 bits per heavy atom. The summed E-state index contributed by atoms with van der Waals surface area (Å²) in [5.41, 5.74) is 7.91. The largest absolute Gasteiger partial charge is 0.356 e. The highest BCUT2D eigenvalue weighted by molar-refractivity contribution is 9.09. The molecule has 0 saturated heterocycles. The normalized spacial score (nSPS) is 8.75. The smallest absolute Gasteiger partial charge is 0.220 e. The molecule has 0 saturated carbocycles. The number of amides is 1. The SMILES string of the molecule is [N-]=[N+]=NCCC(=O)NCCCBr. The van der Waals surface area contributed by atoms with E-state index in [-0.39, 0.29) is 18.9 Å². The van der Waals surface area contributed by atoms with E-state index in [9.17, 15) is 4.79 Å². The third-order valence-corrected chi connectivity index (χ3v) is 1.70. The Morgan fingerprint density at radius 1 is 1.67 bits per heavy atom. The molecule has 68 valence electrons. The van der Waals surface area contributed by atoms with E-state index in [4.69, 9.17) is 5.53 Å². The molecule has 0 radical (unpaired) electrons. The summed E-state index contributed by atoms with van der Waals surface area (Å²) in [4.78, 5) is 13.4. The molecular weight excluding hydrogens is 224 g/mol. The maximum atomic E-state index is 10.9. The van der Waals surface area contributed by atoms with Crippen LogP contribution in [0.4, 0.5) is 0 Å². The van der Waals surface area contributed by atoms with E-state index >= 15 is 0 Å². The molecule has 0 unspecified atom stereocenters. The van der Waals surface area contributed by atoms with Gasteiger partial charge in [-0.05, 0) is 12.0 Å². The van der Waals surface area contributed by atoms with Gasteiger partial charge >= 0.3 is 0 Å².